The van der Waals surface area contributed by atoms with Crippen LogP contribution in [0, 0.1) is 17.6 Å². The molecule has 1 aliphatic rings. The first-order valence-electron chi connectivity index (χ1n) is 9.49. The number of hydrogen-bond donors (Lipinski definition) is 2. The van der Waals surface area contributed by atoms with Gasteiger partial charge in [-0.05, 0) is 36.2 Å². The van der Waals surface area contributed by atoms with Gasteiger partial charge in [0.1, 0.15) is 11.5 Å². The molecule has 3 heterocycles. The number of amides is 1. The average Bonchev–Trinajstić information content (AvgIpc) is 3.18. The molecule has 1 aliphatic heterocycles. The SMILES string of the molecule is Cc1cc(-c2ccnc3c2N3NN=O)c(F)cc1CNC(=O)c1nc(C(C)(C)C)no1. The third-order valence-corrected chi connectivity index (χ3v) is 4.88. The number of anilines is 2. The normalized spacial score (nSPS) is 12.4. The van der Waals surface area contributed by atoms with Crippen LogP contribution in [-0.2, 0) is 12.0 Å². The molecule has 4 rings (SSSR count). The minimum absolute atomic E-state index is 0.0896. The maximum absolute atomic E-state index is 14.9. The first-order valence-corrected chi connectivity index (χ1v) is 9.49. The van der Waals surface area contributed by atoms with Gasteiger partial charge in [0.25, 0.3) is 0 Å². The quantitative estimate of drug-likeness (QED) is 0.349. The lowest BCUT2D eigenvalue weighted by molar-refractivity contribution is 0.0907. The van der Waals surface area contributed by atoms with Crippen molar-refractivity contribution >= 4 is 17.4 Å². The number of carbonyl (C=O) groups excluding carboxylic acids is 1. The van der Waals surface area contributed by atoms with Crippen molar-refractivity contribution in [1.29, 1.82) is 0 Å². The minimum Gasteiger partial charge on any atom is -0.344 e. The maximum Gasteiger partial charge on any atom is 0.315 e. The van der Waals surface area contributed by atoms with Gasteiger partial charge in [0, 0.05) is 29.3 Å². The highest BCUT2D eigenvalue weighted by Gasteiger charge is 2.36. The molecule has 31 heavy (non-hydrogen) atoms. The fourth-order valence-corrected chi connectivity index (χ4v) is 3.12. The number of aryl methyl sites for hydroxylation is 1. The number of rotatable bonds is 6. The molecule has 0 spiro atoms. The zero-order chi connectivity index (χ0) is 22.3. The number of nitrogens with zero attached hydrogens (tertiary/aromatic N) is 5. The average molecular weight is 425 g/mol. The summed E-state index contributed by atoms with van der Waals surface area (Å²) >= 11 is 0. The molecule has 1 amide bonds. The third-order valence-electron chi connectivity index (χ3n) is 4.88. The Morgan fingerprint density at radius 2 is 2.06 bits per heavy atom. The Morgan fingerprint density at radius 1 is 1.29 bits per heavy atom. The van der Waals surface area contributed by atoms with Gasteiger partial charge in [0.2, 0.25) is 0 Å². The number of hydrazine groups is 1. The summed E-state index contributed by atoms with van der Waals surface area (Å²) in [6.07, 6.45) is 1.53. The molecule has 0 saturated carbocycles. The van der Waals surface area contributed by atoms with E-state index in [1.807, 2.05) is 27.7 Å². The van der Waals surface area contributed by atoms with Crippen LogP contribution in [0.2, 0.25) is 0 Å². The molecule has 0 bridgehead atoms. The Balaban J connectivity index is 1.51. The van der Waals surface area contributed by atoms with Crippen LogP contribution in [0.5, 0.6) is 0 Å². The van der Waals surface area contributed by atoms with Gasteiger partial charge in [-0.2, -0.15) is 10.5 Å². The number of fused-ring (bicyclic) bond motifs is 1. The zero-order valence-corrected chi connectivity index (χ0v) is 17.4. The van der Waals surface area contributed by atoms with E-state index in [9.17, 15) is 14.1 Å². The van der Waals surface area contributed by atoms with Gasteiger partial charge >= 0.3 is 11.8 Å². The first-order chi connectivity index (χ1) is 14.7. The first kappa shape index (κ1) is 20.4. The fraction of sp³-hybridized carbons (Fsp3) is 0.300. The topological polar surface area (TPSA) is 125 Å². The number of carbonyl (C=O) groups is 1. The minimum atomic E-state index is -0.533. The van der Waals surface area contributed by atoms with Crippen LogP contribution in [0.25, 0.3) is 11.1 Å². The van der Waals surface area contributed by atoms with Gasteiger partial charge in [0.05, 0.1) is 5.29 Å². The van der Waals surface area contributed by atoms with Gasteiger partial charge in [-0.3, -0.25) is 4.79 Å². The van der Waals surface area contributed by atoms with E-state index in [1.165, 1.54) is 17.3 Å². The highest BCUT2D eigenvalue weighted by molar-refractivity contribution is 6.00. The summed E-state index contributed by atoms with van der Waals surface area (Å²) in [4.78, 5) is 31.0. The number of pyridine rings is 1. The van der Waals surface area contributed by atoms with Crippen molar-refractivity contribution in [3.8, 4) is 11.1 Å². The zero-order valence-electron chi connectivity index (χ0n) is 17.4. The summed E-state index contributed by atoms with van der Waals surface area (Å²) in [5, 5.41) is 10.5. The summed E-state index contributed by atoms with van der Waals surface area (Å²) in [5.41, 5.74) is 4.81. The summed E-state index contributed by atoms with van der Waals surface area (Å²) in [7, 11) is 0. The molecule has 0 saturated heterocycles. The fourth-order valence-electron chi connectivity index (χ4n) is 3.12. The molecule has 160 valence electrons. The van der Waals surface area contributed by atoms with E-state index in [0.717, 1.165) is 5.56 Å². The molecule has 1 aromatic carbocycles. The van der Waals surface area contributed by atoms with Crippen LogP contribution in [0.1, 0.15) is 48.4 Å². The second-order valence-electron chi connectivity index (χ2n) is 8.17. The number of nitroso groups, excluding NO2 is 1. The number of hydrogen-bond acceptors (Lipinski definition) is 8. The van der Waals surface area contributed by atoms with Crippen LogP contribution < -0.4 is 15.9 Å². The van der Waals surface area contributed by atoms with Crippen molar-refractivity contribution in [2.24, 2.45) is 5.29 Å². The monoisotopic (exact) mass is 425 g/mol. The Morgan fingerprint density at radius 3 is 2.74 bits per heavy atom. The van der Waals surface area contributed by atoms with Crippen molar-refractivity contribution < 1.29 is 13.7 Å². The summed E-state index contributed by atoms with van der Waals surface area (Å²) in [6.45, 7) is 7.63. The molecule has 2 N–H and O–H groups in total. The van der Waals surface area contributed by atoms with Crippen LogP contribution in [0.15, 0.2) is 34.2 Å². The molecular formula is C20H20FN7O3. The summed E-state index contributed by atoms with van der Waals surface area (Å²) in [5.74, 6) is -0.206. The molecule has 3 aromatic rings. The molecule has 0 radical (unpaired) electrons. The van der Waals surface area contributed by atoms with E-state index < -0.39 is 11.7 Å². The smallest absolute Gasteiger partial charge is 0.315 e. The van der Waals surface area contributed by atoms with Gasteiger partial charge in [-0.25, -0.2) is 14.4 Å². The molecule has 0 fully saturated rings. The van der Waals surface area contributed by atoms with Crippen molar-refractivity contribution in [1.82, 2.24) is 26.0 Å². The lowest BCUT2D eigenvalue weighted by atomic mass is 9.96. The molecule has 0 atom stereocenters. The van der Waals surface area contributed by atoms with Crippen LogP contribution >= 0.6 is 0 Å². The van der Waals surface area contributed by atoms with Gasteiger partial charge < -0.3 is 9.84 Å². The van der Waals surface area contributed by atoms with E-state index in [1.54, 1.807) is 12.1 Å². The number of benzene rings is 1. The second-order valence-corrected chi connectivity index (χ2v) is 8.17. The maximum atomic E-state index is 14.9. The molecule has 0 unspecified atom stereocenters. The third kappa shape index (κ3) is 3.81. The van der Waals surface area contributed by atoms with Crippen molar-refractivity contribution in [2.45, 2.75) is 39.7 Å². The van der Waals surface area contributed by atoms with E-state index in [-0.39, 0.29) is 17.9 Å². The number of nitrogens with one attached hydrogen (secondary N) is 2. The number of halogens is 1. The molecule has 10 nitrogen and oxygen atoms in total. The summed E-state index contributed by atoms with van der Waals surface area (Å²) in [6, 6.07) is 4.71. The van der Waals surface area contributed by atoms with E-state index in [0.29, 0.717) is 34.0 Å². The molecule has 2 aromatic heterocycles. The second kappa shape index (κ2) is 7.42. The van der Waals surface area contributed by atoms with E-state index in [4.69, 9.17) is 4.52 Å². The van der Waals surface area contributed by atoms with E-state index >= 15 is 0 Å². The number of aromatic nitrogens is 3. The Kier molecular flexibility index (Phi) is 4.88. The molecular weight excluding hydrogens is 405 g/mol. The Bertz CT molecular complexity index is 1190. The lowest BCUT2D eigenvalue weighted by Crippen LogP contribution is -2.24. The van der Waals surface area contributed by atoms with Crippen LogP contribution in [-0.4, -0.2) is 21.0 Å². The molecule has 11 heteroatoms. The van der Waals surface area contributed by atoms with Crippen LogP contribution in [0.4, 0.5) is 15.9 Å². The highest BCUT2D eigenvalue weighted by Crippen LogP contribution is 2.51. The molecule has 0 aliphatic carbocycles. The predicted octanol–water partition coefficient (Wildman–Crippen LogP) is 3.44. The lowest BCUT2D eigenvalue weighted by Gasteiger charge is -2.11. The van der Waals surface area contributed by atoms with Crippen molar-refractivity contribution in [3.63, 3.8) is 0 Å². The van der Waals surface area contributed by atoms with Gasteiger partial charge in [-0.1, -0.05) is 25.9 Å². The summed E-state index contributed by atoms with van der Waals surface area (Å²) < 4.78 is 19.9. The Labute approximate surface area is 176 Å². The largest absolute Gasteiger partial charge is 0.344 e. The Hall–Kier alpha value is -3.89. The van der Waals surface area contributed by atoms with Gasteiger partial charge in [0.15, 0.2) is 11.6 Å². The van der Waals surface area contributed by atoms with Crippen molar-refractivity contribution in [3.05, 3.63) is 58.0 Å². The van der Waals surface area contributed by atoms with Gasteiger partial charge in [-0.15, -0.1) is 4.91 Å². The standard InChI is InChI=1S/C20H20FN7O3/c1-10-7-13(12-5-6-22-16-15(12)28(16)26-27-30)14(21)8-11(10)9-23-17(29)18-24-19(25-31-18)20(2,3)4/h5-8H,9H2,1-4H3,(H,23,29)(H,26,30). The highest BCUT2D eigenvalue weighted by atomic mass is 19.1. The van der Waals surface area contributed by atoms with E-state index in [2.05, 4.69) is 31.3 Å². The van der Waals surface area contributed by atoms with Crippen molar-refractivity contribution in [2.75, 3.05) is 5.01 Å². The predicted molar refractivity (Wildman–Crippen MR) is 110 cm³/mol. The van der Waals surface area contributed by atoms with Crippen LogP contribution in [0.3, 0.4) is 0 Å².